The van der Waals surface area contributed by atoms with Gasteiger partial charge >= 0.3 is 18.1 Å². The molecule has 1 aliphatic heterocycles. The molecule has 3 amide bonds. The monoisotopic (exact) mass is 654 g/mol. The molecule has 1 rings (SSSR count). The zero-order chi connectivity index (χ0) is 34.6. The minimum absolute atomic E-state index is 0.0532. The first-order valence-electron chi connectivity index (χ1n) is 18.2. The van der Waals surface area contributed by atoms with E-state index in [1.54, 1.807) is 41.5 Å². The van der Waals surface area contributed by atoms with E-state index >= 15 is 0 Å². The topological polar surface area (TPSA) is 142 Å². The number of nitrogens with two attached hydrogens (primary N) is 2. The van der Waals surface area contributed by atoms with Crippen LogP contribution in [-0.2, 0) is 19.1 Å². The maximum absolute atomic E-state index is 14.3. The lowest BCUT2D eigenvalue weighted by Gasteiger charge is -2.41. The summed E-state index contributed by atoms with van der Waals surface area (Å²) in [6.45, 7) is 12.5. The molecule has 0 bridgehead atoms. The molecule has 0 aromatic rings. The van der Waals surface area contributed by atoms with E-state index < -0.39 is 39.8 Å². The third kappa shape index (κ3) is 16.3. The standard InChI is InChI=1S/C36H69N4O6/c1-35(2,3)45-33(43)40(34(44)46-36(4,5)6,32(42)31(38)24-17-19-25-37)29-30-23-18-21-27-39(30)26-20-15-13-11-9-7-8-10-12-14-16-22-28-41/h28,30-31H,7-27,29,37-38H2,1-6H3/q+1. The van der Waals surface area contributed by atoms with E-state index in [4.69, 9.17) is 20.9 Å². The number of amides is 3. The first-order valence-corrected chi connectivity index (χ1v) is 18.2. The molecule has 0 aliphatic carbocycles. The molecule has 1 heterocycles. The Bertz CT molecular complexity index is 870. The van der Waals surface area contributed by atoms with Gasteiger partial charge in [0.25, 0.3) is 0 Å². The second kappa shape index (κ2) is 21.9. The lowest BCUT2D eigenvalue weighted by atomic mass is 9.98. The number of ether oxygens (including phenoxy) is 2. The number of hydrogen-bond acceptors (Lipinski definition) is 9. The summed E-state index contributed by atoms with van der Waals surface area (Å²) in [6.07, 6.45) is 17.2. The molecule has 2 unspecified atom stereocenters. The van der Waals surface area contributed by atoms with E-state index in [2.05, 4.69) is 4.90 Å². The van der Waals surface area contributed by atoms with Crippen molar-refractivity contribution in [2.45, 2.75) is 180 Å². The van der Waals surface area contributed by atoms with Gasteiger partial charge in [-0.3, -0.25) is 4.90 Å². The van der Waals surface area contributed by atoms with Crippen LogP contribution in [0.2, 0.25) is 0 Å². The predicted octanol–water partition coefficient (Wildman–Crippen LogP) is 7.39. The average Bonchev–Trinajstić information content (AvgIpc) is 2.96. The third-order valence-electron chi connectivity index (χ3n) is 8.57. The van der Waals surface area contributed by atoms with Gasteiger partial charge in [-0.15, -0.1) is 0 Å². The Hall–Kier alpha value is -1.88. The van der Waals surface area contributed by atoms with Crippen LogP contribution in [0.5, 0.6) is 0 Å². The van der Waals surface area contributed by atoms with Crippen molar-refractivity contribution in [3.63, 3.8) is 0 Å². The number of piperidine rings is 1. The van der Waals surface area contributed by atoms with E-state index in [0.717, 1.165) is 64.3 Å². The van der Waals surface area contributed by atoms with Crippen LogP contribution in [0.3, 0.4) is 0 Å². The van der Waals surface area contributed by atoms with Gasteiger partial charge in [-0.25, -0.2) is 4.79 Å². The molecule has 268 valence electrons. The summed E-state index contributed by atoms with van der Waals surface area (Å²) in [5, 5.41) is 0. The van der Waals surface area contributed by atoms with Gasteiger partial charge in [0.1, 0.15) is 30.1 Å². The second-order valence-corrected chi connectivity index (χ2v) is 15.2. The van der Waals surface area contributed by atoms with Gasteiger partial charge in [0.15, 0.2) is 0 Å². The molecular weight excluding hydrogens is 584 g/mol. The molecule has 0 aromatic carbocycles. The lowest BCUT2D eigenvalue weighted by molar-refractivity contribution is -0.716. The zero-order valence-corrected chi connectivity index (χ0v) is 30.3. The van der Waals surface area contributed by atoms with E-state index in [1.165, 1.54) is 44.9 Å². The molecule has 10 nitrogen and oxygen atoms in total. The average molecular weight is 654 g/mol. The normalized spacial score (nSPS) is 17.0. The highest BCUT2D eigenvalue weighted by Crippen LogP contribution is 2.29. The van der Waals surface area contributed by atoms with Gasteiger partial charge in [-0.1, -0.05) is 68.7 Å². The van der Waals surface area contributed by atoms with Crippen molar-refractivity contribution < 1.29 is 33.1 Å². The van der Waals surface area contributed by atoms with Crippen molar-refractivity contribution in [1.29, 1.82) is 0 Å². The number of carbonyl (C=O) groups excluding carboxylic acids is 4. The lowest BCUT2D eigenvalue weighted by Crippen LogP contribution is -2.70. The molecule has 0 spiro atoms. The van der Waals surface area contributed by atoms with Gasteiger partial charge in [-0.2, -0.15) is 9.59 Å². The second-order valence-electron chi connectivity index (χ2n) is 15.2. The summed E-state index contributed by atoms with van der Waals surface area (Å²) in [4.78, 5) is 55.2. The minimum atomic E-state index is -1.20. The third-order valence-corrected chi connectivity index (χ3v) is 8.57. The van der Waals surface area contributed by atoms with Crippen LogP contribution in [0.4, 0.5) is 9.59 Å². The number of aldehydes is 1. The van der Waals surface area contributed by atoms with Crippen molar-refractivity contribution >= 4 is 24.4 Å². The number of unbranched alkanes of at least 4 members (excludes halogenated alkanes) is 12. The highest BCUT2D eigenvalue weighted by molar-refractivity contribution is 5.95. The van der Waals surface area contributed by atoms with Crippen molar-refractivity contribution in [3.05, 3.63) is 0 Å². The Morgan fingerprint density at radius 3 is 1.76 bits per heavy atom. The Kier molecular flexibility index (Phi) is 20.1. The molecule has 4 N–H and O–H groups in total. The quantitative estimate of drug-likeness (QED) is 0.0736. The Morgan fingerprint density at radius 1 is 0.783 bits per heavy atom. The first kappa shape index (κ1) is 42.1. The molecule has 0 aromatic heterocycles. The molecule has 46 heavy (non-hydrogen) atoms. The van der Waals surface area contributed by atoms with E-state index in [1.807, 2.05) is 0 Å². The maximum Gasteiger partial charge on any atom is 0.535 e. The summed E-state index contributed by atoms with van der Waals surface area (Å²) in [5.41, 5.74) is 10.3. The molecule has 0 radical (unpaired) electrons. The summed E-state index contributed by atoms with van der Waals surface area (Å²) in [7, 11) is 0. The summed E-state index contributed by atoms with van der Waals surface area (Å²) in [6, 6.07) is -1.20. The number of rotatable bonds is 21. The predicted molar refractivity (Wildman–Crippen MR) is 184 cm³/mol. The minimum Gasteiger partial charge on any atom is -0.414 e. The van der Waals surface area contributed by atoms with Gasteiger partial charge < -0.3 is 25.7 Å². The van der Waals surface area contributed by atoms with Crippen LogP contribution in [0.1, 0.15) is 157 Å². The number of nitrogens with zero attached hydrogens (tertiary/aromatic N) is 2. The zero-order valence-electron chi connectivity index (χ0n) is 30.3. The molecular formula is C36H69N4O6+. The molecule has 0 saturated carbocycles. The number of hydrogen-bond donors (Lipinski definition) is 2. The van der Waals surface area contributed by atoms with Gasteiger partial charge in [-0.05, 0) is 106 Å². The van der Waals surface area contributed by atoms with Crippen LogP contribution in [0.25, 0.3) is 0 Å². The molecule has 2 atom stereocenters. The Balaban J connectivity index is 2.99. The highest BCUT2D eigenvalue weighted by Gasteiger charge is 2.60. The van der Waals surface area contributed by atoms with Crippen LogP contribution in [-0.4, -0.2) is 83.2 Å². The Morgan fingerprint density at radius 2 is 1.28 bits per heavy atom. The van der Waals surface area contributed by atoms with Crippen molar-refractivity contribution in [2.75, 3.05) is 26.2 Å². The fourth-order valence-electron chi connectivity index (χ4n) is 6.10. The summed E-state index contributed by atoms with van der Waals surface area (Å²) < 4.78 is 10.4. The fourth-order valence-corrected chi connectivity index (χ4v) is 6.10. The van der Waals surface area contributed by atoms with Crippen molar-refractivity contribution in [3.8, 4) is 0 Å². The van der Waals surface area contributed by atoms with Crippen LogP contribution in [0.15, 0.2) is 0 Å². The number of carbonyl (C=O) groups is 4. The SMILES string of the molecule is CC(C)(C)OC(=O)[N+](CC1CCCCN1CCCCCCCCCCCCCC=O)(C(=O)OC(C)(C)C)C(=O)C(N)CCCCN. The Labute approximate surface area is 280 Å². The number of imide groups is 3. The van der Waals surface area contributed by atoms with Gasteiger partial charge in [0.05, 0.1) is 6.04 Å². The summed E-state index contributed by atoms with van der Waals surface area (Å²) in [5.74, 6) is -0.674. The fraction of sp³-hybridized carbons (Fsp3) is 0.889. The van der Waals surface area contributed by atoms with E-state index in [9.17, 15) is 19.2 Å². The maximum atomic E-state index is 14.3. The van der Waals surface area contributed by atoms with Crippen LogP contribution in [0, 0.1) is 0 Å². The number of likely N-dealkylation sites (tertiary alicyclic amines) is 1. The van der Waals surface area contributed by atoms with Gasteiger partial charge in [0, 0.05) is 6.42 Å². The summed E-state index contributed by atoms with van der Waals surface area (Å²) >= 11 is 0. The van der Waals surface area contributed by atoms with E-state index in [0.29, 0.717) is 32.2 Å². The first-order chi connectivity index (χ1) is 21.7. The van der Waals surface area contributed by atoms with Crippen LogP contribution >= 0.6 is 0 Å². The van der Waals surface area contributed by atoms with Gasteiger partial charge in [0.2, 0.25) is 0 Å². The smallest absolute Gasteiger partial charge is 0.414 e. The largest absolute Gasteiger partial charge is 0.535 e. The molecule has 1 aliphatic rings. The molecule has 1 fully saturated rings. The highest BCUT2D eigenvalue weighted by atomic mass is 16.6. The van der Waals surface area contributed by atoms with Crippen molar-refractivity contribution in [2.24, 2.45) is 11.5 Å². The number of quaternary nitrogens is 1. The van der Waals surface area contributed by atoms with E-state index in [-0.39, 0.29) is 12.6 Å². The molecule has 1 saturated heterocycles. The molecule has 10 heteroatoms. The van der Waals surface area contributed by atoms with Crippen molar-refractivity contribution in [1.82, 2.24) is 4.90 Å². The van der Waals surface area contributed by atoms with Crippen LogP contribution < -0.4 is 11.5 Å².